The number of halogens is 1. The quantitative estimate of drug-likeness (QED) is 0.787. The number of hydrogen-bond donors (Lipinski definition) is 1. The topological polar surface area (TPSA) is 67.4 Å². The molecule has 1 N–H and O–H groups in total. The maximum atomic E-state index is 12.4. The van der Waals surface area contributed by atoms with E-state index in [2.05, 4.69) is 15.5 Å². The number of carbonyl (C=O) groups excluding carboxylic acids is 1. The van der Waals surface area contributed by atoms with Gasteiger partial charge in [-0.2, -0.15) is 0 Å². The summed E-state index contributed by atoms with van der Waals surface area (Å²) in [5.41, 5.74) is -0.600. The molecule has 2 fully saturated rings. The Balaban J connectivity index is 1.79. The van der Waals surface area contributed by atoms with E-state index in [1.165, 1.54) is 0 Å². The molecular weight excluding hydrogens is 359 g/mol. The predicted octanol–water partition coefficient (Wildman–Crippen LogP) is 1.31. The van der Waals surface area contributed by atoms with Gasteiger partial charge in [0.1, 0.15) is 11.4 Å². The number of hydrogen-bond acceptors (Lipinski definition) is 5. The first-order chi connectivity index (χ1) is 12.3. The third kappa shape index (κ3) is 3.82. The Bertz CT molecular complexity index is 702. The van der Waals surface area contributed by atoms with Crippen LogP contribution in [0.25, 0.3) is 0 Å². The highest BCUT2D eigenvalue weighted by Gasteiger charge is 2.61. The monoisotopic (exact) mass is 378 g/mol. The molecule has 6 nitrogen and oxygen atoms in total. The molecule has 3 atom stereocenters. The molecule has 0 aromatic carbocycles. The van der Waals surface area contributed by atoms with Gasteiger partial charge in [0.15, 0.2) is 5.15 Å². The first-order valence-electron chi connectivity index (χ1n) is 8.71. The minimum atomic E-state index is -1.27. The van der Waals surface area contributed by atoms with Gasteiger partial charge in [-0.05, 0) is 44.7 Å². The van der Waals surface area contributed by atoms with Crippen LogP contribution in [0.4, 0.5) is 10.6 Å². The SMILES string of the molecule is [B]C1([B])C(Nc2ccc(Cl)nn2)C([B])([B])[C@H]2CN(C(=O)OC(C)(C)C)C[C@H]21. The first-order valence-corrected chi connectivity index (χ1v) is 9.09. The van der Waals surface area contributed by atoms with Crippen LogP contribution in [0.2, 0.25) is 15.6 Å². The summed E-state index contributed by atoms with van der Waals surface area (Å²) in [4.78, 5) is 14.0. The molecule has 1 aliphatic heterocycles. The van der Waals surface area contributed by atoms with Gasteiger partial charge in [-0.3, -0.25) is 0 Å². The Labute approximate surface area is 170 Å². The number of nitrogens with zero attached hydrogens (tertiary/aromatic N) is 3. The Hall–Kier alpha value is -1.30. The maximum absolute atomic E-state index is 12.4. The summed E-state index contributed by atoms with van der Waals surface area (Å²) in [5, 5.41) is 8.54. The van der Waals surface area contributed by atoms with Crippen molar-refractivity contribution in [2.24, 2.45) is 11.8 Å². The Kier molecular flexibility index (Phi) is 5.03. The van der Waals surface area contributed by atoms with E-state index in [4.69, 9.17) is 47.7 Å². The van der Waals surface area contributed by atoms with E-state index in [-0.39, 0.29) is 17.0 Å². The molecule has 1 amide bonds. The highest BCUT2D eigenvalue weighted by molar-refractivity contribution is 6.47. The van der Waals surface area contributed by atoms with Crippen molar-refractivity contribution in [2.45, 2.75) is 42.8 Å². The van der Waals surface area contributed by atoms with Crippen LogP contribution >= 0.6 is 11.6 Å². The number of aromatic nitrogens is 2. The Morgan fingerprint density at radius 3 is 2.19 bits per heavy atom. The van der Waals surface area contributed by atoms with Crippen LogP contribution in [-0.2, 0) is 4.74 Å². The van der Waals surface area contributed by atoms with Gasteiger partial charge in [-0.25, -0.2) is 4.79 Å². The second-order valence-corrected chi connectivity index (χ2v) is 8.80. The van der Waals surface area contributed by atoms with Crippen LogP contribution in [0.1, 0.15) is 20.8 Å². The molecule has 3 rings (SSSR count). The van der Waals surface area contributed by atoms with Crippen molar-refractivity contribution in [1.82, 2.24) is 15.1 Å². The molecule has 1 saturated heterocycles. The standard InChI is InChI=1S/C16H19B4ClN4O2/c1-14(2,3)27-13(26)25-6-8-9(7-25)16(19,20)12(15(8,17)18)22-11-5-4-10(21)23-24-11/h4-5,8-9,12H,6-7H2,1-3H3,(H,22,24)/t8-,9+,12?. The minimum Gasteiger partial charge on any atom is -0.444 e. The van der Waals surface area contributed by atoms with Crippen LogP contribution in [0.5, 0.6) is 0 Å². The highest BCUT2D eigenvalue weighted by atomic mass is 35.5. The first kappa shape index (κ1) is 20.4. The normalized spacial score (nSPS) is 28.6. The lowest BCUT2D eigenvalue weighted by Crippen LogP contribution is -2.46. The molecular formula is C16H19B4ClN4O2. The molecule has 1 aliphatic carbocycles. The number of fused-ring (bicyclic) bond motifs is 1. The third-order valence-electron chi connectivity index (χ3n) is 5.18. The van der Waals surface area contributed by atoms with Crippen molar-refractivity contribution in [2.75, 3.05) is 18.4 Å². The number of nitrogens with one attached hydrogen (secondary N) is 1. The van der Waals surface area contributed by atoms with E-state index in [0.29, 0.717) is 18.9 Å². The van der Waals surface area contributed by atoms with E-state index in [9.17, 15) is 4.79 Å². The summed E-state index contributed by atoms with van der Waals surface area (Å²) in [5.74, 6) is -0.204. The molecule has 2 aliphatic rings. The number of amides is 1. The molecule has 1 saturated carbocycles. The van der Waals surface area contributed by atoms with E-state index in [1.54, 1.807) is 37.8 Å². The fraction of sp³-hybridized carbons (Fsp3) is 0.688. The van der Waals surface area contributed by atoms with Crippen molar-refractivity contribution in [3.05, 3.63) is 17.3 Å². The molecule has 1 aromatic heterocycles. The van der Waals surface area contributed by atoms with Crippen LogP contribution in [0.3, 0.4) is 0 Å². The van der Waals surface area contributed by atoms with Crippen LogP contribution in [0, 0.1) is 11.8 Å². The summed E-state index contributed by atoms with van der Waals surface area (Å²) in [7, 11) is 25.8. The zero-order valence-corrected chi connectivity index (χ0v) is 16.4. The fourth-order valence-electron chi connectivity index (χ4n) is 3.94. The van der Waals surface area contributed by atoms with Gasteiger partial charge >= 0.3 is 6.09 Å². The fourth-order valence-corrected chi connectivity index (χ4v) is 4.05. The molecule has 2 heterocycles. The summed E-state index contributed by atoms with van der Waals surface area (Å²) in [6, 6.07) is 2.54. The molecule has 0 spiro atoms. The number of ether oxygens (including phenoxy) is 1. The largest absolute Gasteiger partial charge is 0.444 e. The zero-order chi connectivity index (χ0) is 20.2. The van der Waals surface area contributed by atoms with Gasteiger partial charge in [-0.15, -0.1) is 10.2 Å². The zero-order valence-electron chi connectivity index (χ0n) is 15.6. The van der Waals surface area contributed by atoms with Gasteiger partial charge in [0, 0.05) is 19.1 Å². The summed E-state index contributed by atoms with van der Waals surface area (Å²) in [6.07, 6.45) is -0.434. The van der Waals surface area contributed by atoms with Gasteiger partial charge in [0.25, 0.3) is 0 Å². The summed E-state index contributed by atoms with van der Waals surface area (Å²) in [6.45, 7) is 6.05. The van der Waals surface area contributed by atoms with Gasteiger partial charge in [-0.1, -0.05) is 22.0 Å². The summed E-state index contributed by atoms with van der Waals surface area (Å²) >= 11 is 5.76. The molecule has 1 aromatic rings. The second-order valence-electron chi connectivity index (χ2n) is 8.42. The van der Waals surface area contributed by atoms with Crippen molar-refractivity contribution in [3.63, 3.8) is 0 Å². The second kappa shape index (κ2) is 6.64. The Morgan fingerprint density at radius 1 is 1.19 bits per heavy atom. The van der Waals surface area contributed by atoms with Crippen LogP contribution < -0.4 is 5.32 Å². The average molecular weight is 378 g/mol. The molecule has 134 valence electrons. The van der Waals surface area contributed by atoms with E-state index in [0.717, 1.165) is 0 Å². The van der Waals surface area contributed by atoms with Crippen LogP contribution in [0.15, 0.2) is 12.1 Å². The van der Waals surface area contributed by atoms with Gasteiger partial charge in [0.05, 0.1) is 31.4 Å². The van der Waals surface area contributed by atoms with E-state index >= 15 is 0 Å². The molecule has 1 unspecified atom stereocenters. The van der Waals surface area contributed by atoms with E-state index < -0.39 is 28.2 Å². The average Bonchev–Trinajstić information content (AvgIpc) is 3.03. The van der Waals surface area contributed by atoms with Gasteiger partial charge in [0.2, 0.25) is 0 Å². The molecule has 27 heavy (non-hydrogen) atoms. The number of anilines is 1. The smallest absolute Gasteiger partial charge is 0.410 e. The Morgan fingerprint density at radius 2 is 1.74 bits per heavy atom. The molecule has 8 radical (unpaired) electrons. The lowest BCUT2D eigenvalue weighted by Gasteiger charge is -2.41. The lowest BCUT2D eigenvalue weighted by atomic mass is 9.41. The van der Waals surface area contributed by atoms with Crippen molar-refractivity contribution < 1.29 is 9.53 Å². The van der Waals surface area contributed by atoms with E-state index in [1.807, 2.05) is 0 Å². The maximum Gasteiger partial charge on any atom is 0.410 e. The molecule has 11 heteroatoms. The summed E-state index contributed by atoms with van der Waals surface area (Å²) < 4.78 is 5.43. The van der Waals surface area contributed by atoms with Crippen molar-refractivity contribution in [3.8, 4) is 0 Å². The molecule has 0 bridgehead atoms. The predicted molar refractivity (Wildman–Crippen MR) is 108 cm³/mol. The number of rotatable bonds is 2. The minimum absolute atomic E-state index is 0.260. The number of likely N-dealkylation sites (tertiary alicyclic amines) is 1. The van der Waals surface area contributed by atoms with Crippen LogP contribution in [-0.4, -0.2) is 77.3 Å². The van der Waals surface area contributed by atoms with Crippen molar-refractivity contribution >= 4 is 54.9 Å². The lowest BCUT2D eigenvalue weighted by molar-refractivity contribution is 0.0278. The number of carbonyl (C=O) groups is 1. The highest BCUT2D eigenvalue weighted by Crippen LogP contribution is 2.62. The third-order valence-corrected chi connectivity index (χ3v) is 5.38. The van der Waals surface area contributed by atoms with Crippen molar-refractivity contribution in [1.29, 1.82) is 0 Å². The van der Waals surface area contributed by atoms with Gasteiger partial charge < -0.3 is 15.0 Å².